The standard InChI is InChI=1S/C18H26N2O/c1-4-19-12-17-15(13-20-11-7-10-18(20,2)3)14-8-5-6-9-16(14)21-17/h5-6,8-9,19H,4,7,10-13H2,1-3H3. The first-order valence-electron chi connectivity index (χ1n) is 8.07. The van der Waals surface area contributed by atoms with Crippen molar-refractivity contribution in [1.82, 2.24) is 10.2 Å². The molecule has 2 heterocycles. The highest BCUT2D eigenvalue weighted by molar-refractivity contribution is 5.82. The molecule has 2 aromatic rings. The van der Waals surface area contributed by atoms with Crippen LogP contribution in [-0.2, 0) is 13.1 Å². The topological polar surface area (TPSA) is 28.4 Å². The van der Waals surface area contributed by atoms with Crippen molar-refractivity contribution >= 4 is 11.0 Å². The lowest BCUT2D eigenvalue weighted by Gasteiger charge is -2.31. The van der Waals surface area contributed by atoms with Crippen molar-refractivity contribution in [2.24, 2.45) is 0 Å². The number of nitrogens with zero attached hydrogens (tertiary/aromatic N) is 1. The van der Waals surface area contributed by atoms with Gasteiger partial charge in [0.25, 0.3) is 0 Å². The summed E-state index contributed by atoms with van der Waals surface area (Å²) in [5.74, 6) is 1.10. The molecule has 1 aliphatic heterocycles. The first-order valence-corrected chi connectivity index (χ1v) is 8.07. The van der Waals surface area contributed by atoms with Crippen molar-refractivity contribution < 1.29 is 4.42 Å². The number of hydrogen-bond acceptors (Lipinski definition) is 3. The van der Waals surface area contributed by atoms with Gasteiger partial charge in [-0.25, -0.2) is 0 Å². The van der Waals surface area contributed by atoms with Gasteiger partial charge < -0.3 is 9.73 Å². The molecule has 1 saturated heterocycles. The van der Waals surface area contributed by atoms with E-state index in [1.807, 2.05) is 6.07 Å². The molecule has 1 aromatic heterocycles. The summed E-state index contributed by atoms with van der Waals surface area (Å²) in [4.78, 5) is 2.60. The zero-order chi connectivity index (χ0) is 14.9. The smallest absolute Gasteiger partial charge is 0.134 e. The van der Waals surface area contributed by atoms with E-state index in [9.17, 15) is 0 Å². The van der Waals surface area contributed by atoms with Gasteiger partial charge in [0.15, 0.2) is 0 Å². The third-order valence-corrected chi connectivity index (χ3v) is 4.74. The van der Waals surface area contributed by atoms with Gasteiger partial charge in [-0.15, -0.1) is 0 Å². The molecule has 114 valence electrons. The van der Waals surface area contributed by atoms with E-state index in [2.05, 4.69) is 49.2 Å². The van der Waals surface area contributed by atoms with Crippen molar-refractivity contribution in [2.75, 3.05) is 13.1 Å². The quantitative estimate of drug-likeness (QED) is 0.903. The van der Waals surface area contributed by atoms with E-state index in [4.69, 9.17) is 4.42 Å². The third kappa shape index (κ3) is 2.85. The van der Waals surface area contributed by atoms with Crippen LogP contribution in [0, 0.1) is 0 Å². The van der Waals surface area contributed by atoms with Gasteiger partial charge in [0.2, 0.25) is 0 Å². The molecule has 0 bridgehead atoms. The fourth-order valence-corrected chi connectivity index (χ4v) is 3.35. The molecule has 3 rings (SSSR count). The van der Waals surface area contributed by atoms with Gasteiger partial charge >= 0.3 is 0 Å². The Hall–Kier alpha value is -1.32. The minimum absolute atomic E-state index is 0.299. The zero-order valence-electron chi connectivity index (χ0n) is 13.4. The Labute approximate surface area is 127 Å². The Balaban J connectivity index is 1.95. The van der Waals surface area contributed by atoms with E-state index in [1.165, 1.54) is 30.3 Å². The first-order chi connectivity index (χ1) is 10.1. The van der Waals surface area contributed by atoms with Crippen LogP contribution in [0.5, 0.6) is 0 Å². The molecule has 0 amide bonds. The molecule has 0 saturated carbocycles. The predicted molar refractivity (Wildman–Crippen MR) is 87.3 cm³/mol. The average molecular weight is 286 g/mol. The fourth-order valence-electron chi connectivity index (χ4n) is 3.35. The van der Waals surface area contributed by atoms with E-state index in [1.54, 1.807) is 0 Å². The molecule has 3 nitrogen and oxygen atoms in total. The van der Waals surface area contributed by atoms with E-state index in [0.717, 1.165) is 31.0 Å². The fraction of sp³-hybridized carbons (Fsp3) is 0.556. The van der Waals surface area contributed by atoms with Crippen molar-refractivity contribution in [2.45, 2.75) is 52.2 Å². The van der Waals surface area contributed by atoms with Crippen molar-refractivity contribution in [3.05, 3.63) is 35.6 Å². The molecule has 3 heteroatoms. The number of fused-ring (bicyclic) bond motifs is 1. The van der Waals surface area contributed by atoms with E-state index >= 15 is 0 Å². The summed E-state index contributed by atoms with van der Waals surface area (Å²) < 4.78 is 6.09. The number of nitrogens with one attached hydrogen (secondary N) is 1. The second-order valence-corrected chi connectivity index (χ2v) is 6.62. The highest BCUT2D eigenvalue weighted by Crippen LogP contribution is 2.33. The highest BCUT2D eigenvalue weighted by Gasteiger charge is 2.32. The third-order valence-electron chi connectivity index (χ3n) is 4.74. The Kier molecular flexibility index (Phi) is 4.05. The molecule has 0 aliphatic carbocycles. The van der Waals surface area contributed by atoms with Crippen molar-refractivity contribution in [1.29, 1.82) is 0 Å². The molecule has 1 N–H and O–H groups in total. The van der Waals surface area contributed by atoms with Gasteiger partial charge in [-0.1, -0.05) is 25.1 Å². The molecule has 1 aromatic carbocycles. The molecule has 0 unspecified atom stereocenters. The predicted octanol–water partition coefficient (Wildman–Crippen LogP) is 3.92. The van der Waals surface area contributed by atoms with E-state index in [-0.39, 0.29) is 0 Å². The van der Waals surface area contributed by atoms with Crippen LogP contribution in [0.1, 0.15) is 44.9 Å². The minimum atomic E-state index is 0.299. The zero-order valence-corrected chi connectivity index (χ0v) is 13.4. The van der Waals surface area contributed by atoms with Crippen LogP contribution in [0.2, 0.25) is 0 Å². The second-order valence-electron chi connectivity index (χ2n) is 6.62. The molecule has 1 fully saturated rings. The van der Waals surface area contributed by atoms with Gasteiger partial charge in [0.1, 0.15) is 11.3 Å². The number of rotatable bonds is 5. The van der Waals surface area contributed by atoms with Crippen LogP contribution in [0.4, 0.5) is 0 Å². The van der Waals surface area contributed by atoms with Gasteiger partial charge in [-0.3, -0.25) is 4.90 Å². The highest BCUT2D eigenvalue weighted by atomic mass is 16.3. The van der Waals surface area contributed by atoms with Gasteiger partial charge in [-0.2, -0.15) is 0 Å². The van der Waals surface area contributed by atoms with Crippen LogP contribution >= 0.6 is 0 Å². The lowest BCUT2D eigenvalue weighted by molar-refractivity contribution is 0.166. The summed E-state index contributed by atoms with van der Waals surface area (Å²) in [5, 5.41) is 4.67. The molecular formula is C18H26N2O. The SMILES string of the molecule is CCNCc1oc2ccccc2c1CN1CCCC1(C)C. The molecule has 21 heavy (non-hydrogen) atoms. The number of hydrogen-bond donors (Lipinski definition) is 1. The van der Waals surface area contributed by atoms with Gasteiger partial charge in [-0.05, 0) is 45.8 Å². The van der Waals surface area contributed by atoms with Crippen LogP contribution < -0.4 is 5.32 Å². The Morgan fingerprint density at radius 1 is 1.29 bits per heavy atom. The lowest BCUT2D eigenvalue weighted by Crippen LogP contribution is -2.37. The Bertz CT molecular complexity index is 615. The van der Waals surface area contributed by atoms with Crippen LogP contribution in [0.3, 0.4) is 0 Å². The van der Waals surface area contributed by atoms with Gasteiger partial charge in [0, 0.05) is 23.0 Å². The largest absolute Gasteiger partial charge is 0.459 e. The van der Waals surface area contributed by atoms with E-state index < -0.39 is 0 Å². The Morgan fingerprint density at radius 3 is 2.81 bits per heavy atom. The van der Waals surface area contributed by atoms with Crippen molar-refractivity contribution in [3.63, 3.8) is 0 Å². The Morgan fingerprint density at radius 2 is 2.10 bits per heavy atom. The summed E-state index contributed by atoms with van der Waals surface area (Å²) in [5.41, 5.74) is 2.67. The minimum Gasteiger partial charge on any atom is -0.459 e. The molecule has 1 aliphatic rings. The summed E-state index contributed by atoms with van der Waals surface area (Å²) in [6.07, 6.45) is 2.58. The summed E-state index contributed by atoms with van der Waals surface area (Å²) in [6.45, 7) is 10.8. The van der Waals surface area contributed by atoms with Crippen LogP contribution in [0.25, 0.3) is 11.0 Å². The summed E-state index contributed by atoms with van der Waals surface area (Å²) in [7, 11) is 0. The van der Waals surface area contributed by atoms with Crippen LogP contribution in [-0.4, -0.2) is 23.5 Å². The molecule has 0 radical (unpaired) electrons. The van der Waals surface area contributed by atoms with Gasteiger partial charge in [0.05, 0.1) is 6.54 Å². The monoisotopic (exact) mass is 286 g/mol. The van der Waals surface area contributed by atoms with E-state index in [0.29, 0.717) is 5.54 Å². The number of furan rings is 1. The molecular weight excluding hydrogens is 260 g/mol. The number of para-hydroxylation sites is 1. The van der Waals surface area contributed by atoms with Crippen molar-refractivity contribution in [3.8, 4) is 0 Å². The maximum Gasteiger partial charge on any atom is 0.134 e. The molecule has 0 atom stereocenters. The average Bonchev–Trinajstić information content (AvgIpc) is 2.98. The summed E-state index contributed by atoms with van der Waals surface area (Å²) >= 11 is 0. The molecule has 0 spiro atoms. The summed E-state index contributed by atoms with van der Waals surface area (Å²) in [6, 6.07) is 8.41. The maximum absolute atomic E-state index is 6.09. The number of benzene rings is 1. The second kappa shape index (κ2) is 5.82. The first kappa shape index (κ1) is 14.6. The normalized spacial score (nSPS) is 18.6. The maximum atomic E-state index is 6.09. The lowest BCUT2D eigenvalue weighted by atomic mass is 10.0. The van der Waals surface area contributed by atoms with Crippen LogP contribution in [0.15, 0.2) is 28.7 Å². The number of likely N-dealkylation sites (tertiary alicyclic amines) is 1.